The van der Waals surface area contributed by atoms with E-state index in [1.54, 1.807) is 12.4 Å². The molecule has 29 heavy (non-hydrogen) atoms. The Balaban J connectivity index is 1.24. The van der Waals surface area contributed by atoms with Crippen LogP contribution >= 0.6 is 0 Å². The van der Waals surface area contributed by atoms with Gasteiger partial charge in [0.2, 0.25) is 11.8 Å². The van der Waals surface area contributed by atoms with Crippen LogP contribution in [0.5, 0.6) is 5.88 Å². The van der Waals surface area contributed by atoms with Crippen molar-refractivity contribution >= 4 is 5.82 Å². The summed E-state index contributed by atoms with van der Waals surface area (Å²) >= 11 is 0. The molecule has 2 fully saturated rings. The van der Waals surface area contributed by atoms with Crippen LogP contribution in [0.15, 0.2) is 16.9 Å². The highest BCUT2D eigenvalue weighted by Crippen LogP contribution is 2.27. The van der Waals surface area contributed by atoms with E-state index in [1.807, 2.05) is 4.90 Å². The van der Waals surface area contributed by atoms with Gasteiger partial charge in [-0.3, -0.25) is 4.90 Å². The Morgan fingerprint density at radius 1 is 1.03 bits per heavy atom. The molecule has 2 aromatic rings. The summed E-state index contributed by atoms with van der Waals surface area (Å²) in [6.07, 6.45) is 3.91. The van der Waals surface area contributed by atoms with Crippen LogP contribution < -0.4 is 9.64 Å². The molecule has 0 aliphatic carbocycles. The topological polar surface area (TPSA) is 80.4 Å². The first-order chi connectivity index (χ1) is 14.0. The molecule has 0 atom stereocenters. The molecule has 158 valence electrons. The number of alkyl halides is 3. The average Bonchev–Trinajstić information content (AvgIpc) is 3.20. The second kappa shape index (κ2) is 8.52. The van der Waals surface area contributed by atoms with Gasteiger partial charge in [-0.1, -0.05) is 5.16 Å². The zero-order chi connectivity index (χ0) is 20.3. The van der Waals surface area contributed by atoms with Crippen molar-refractivity contribution in [1.29, 1.82) is 0 Å². The Kier molecular flexibility index (Phi) is 5.84. The van der Waals surface area contributed by atoms with E-state index >= 15 is 0 Å². The molecule has 8 nitrogen and oxygen atoms in total. The van der Waals surface area contributed by atoms with E-state index < -0.39 is 12.0 Å². The van der Waals surface area contributed by atoms with Crippen molar-refractivity contribution < 1.29 is 22.4 Å². The van der Waals surface area contributed by atoms with Crippen molar-refractivity contribution in [3.05, 3.63) is 24.1 Å². The summed E-state index contributed by atoms with van der Waals surface area (Å²) in [5.74, 6) is 0.105. The standard InChI is InChI=1S/C18H23F3N6O2/c19-18(20,21)17-24-16(29-25-17)12-26-8-4-13(5-9-26)28-15-11-22-14(10-23-15)27-6-2-1-3-7-27/h10-11,13H,1-9,12H2. The summed E-state index contributed by atoms with van der Waals surface area (Å²) in [5, 5.41) is 2.98. The molecular formula is C18H23F3N6O2. The zero-order valence-corrected chi connectivity index (χ0v) is 15.9. The van der Waals surface area contributed by atoms with Gasteiger partial charge in [0.1, 0.15) is 11.9 Å². The molecule has 4 rings (SSSR count). The highest BCUT2D eigenvalue weighted by molar-refractivity contribution is 5.36. The summed E-state index contributed by atoms with van der Waals surface area (Å²) in [6.45, 7) is 3.54. The predicted molar refractivity (Wildman–Crippen MR) is 96.3 cm³/mol. The monoisotopic (exact) mass is 412 g/mol. The number of hydrogen-bond donors (Lipinski definition) is 0. The van der Waals surface area contributed by atoms with E-state index in [0.717, 1.165) is 31.7 Å². The largest absolute Gasteiger partial charge is 0.473 e. The van der Waals surface area contributed by atoms with E-state index in [4.69, 9.17) is 9.26 Å². The van der Waals surface area contributed by atoms with Gasteiger partial charge >= 0.3 is 6.18 Å². The lowest BCUT2D eigenvalue weighted by atomic mass is 10.1. The van der Waals surface area contributed by atoms with Gasteiger partial charge in [-0.2, -0.15) is 18.2 Å². The Hall–Kier alpha value is -2.43. The van der Waals surface area contributed by atoms with Gasteiger partial charge in [0.25, 0.3) is 5.82 Å². The maximum Gasteiger partial charge on any atom is 0.455 e. The number of aromatic nitrogens is 4. The first-order valence-electron chi connectivity index (χ1n) is 9.83. The predicted octanol–water partition coefficient (Wildman–Crippen LogP) is 2.91. The molecule has 0 radical (unpaired) electrons. The van der Waals surface area contributed by atoms with Crippen LogP contribution in [0.1, 0.15) is 43.8 Å². The van der Waals surface area contributed by atoms with Gasteiger partial charge in [0.15, 0.2) is 0 Å². The third-order valence-corrected chi connectivity index (χ3v) is 5.20. The van der Waals surface area contributed by atoms with Gasteiger partial charge in [-0.15, -0.1) is 0 Å². The molecule has 0 amide bonds. The summed E-state index contributed by atoms with van der Waals surface area (Å²) in [5.41, 5.74) is 0. The molecule has 2 aromatic heterocycles. The highest BCUT2D eigenvalue weighted by atomic mass is 19.4. The normalized spacial score (nSPS) is 19.5. The number of rotatable bonds is 5. The Labute approximate surface area is 166 Å². The third kappa shape index (κ3) is 5.14. The van der Waals surface area contributed by atoms with Crippen LogP contribution in [0.4, 0.5) is 19.0 Å². The summed E-state index contributed by atoms with van der Waals surface area (Å²) in [4.78, 5) is 16.5. The number of nitrogens with zero attached hydrogens (tertiary/aromatic N) is 6. The van der Waals surface area contributed by atoms with Gasteiger partial charge < -0.3 is 14.2 Å². The molecule has 0 saturated carbocycles. The molecule has 4 heterocycles. The smallest absolute Gasteiger partial charge is 0.455 e. The van der Waals surface area contributed by atoms with Gasteiger partial charge in [0, 0.05) is 26.2 Å². The second-order valence-electron chi connectivity index (χ2n) is 7.36. The van der Waals surface area contributed by atoms with Gasteiger partial charge in [0.05, 0.1) is 18.9 Å². The summed E-state index contributed by atoms with van der Waals surface area (Å²) in [7, 11) is 0. The Morgan fingerprint density at radius 3 is 2.41 bits per heavy atom. The third-order valence-electron chi connectivity index (χ3n) is 5.20. The van der Waals surface area contributed by atoms with E-state index in [2.05, 4.69) is 25.0 Å². The molecule has 0 spiro atoms. The fourth-order valence-electron chi connectivity index (χ4n) is 3.64. The Bertz CT molecular complexity index is 784. The van der Waals surface area contributed by atoms with Crippen LogP contribution in [-0.2, 0) is 12.7 Å². The minimum absolute atomic E-state index is 0.00481. The van der Waals surface area contributed by atoms with Crippen LogP contribution in [0.2, 0.25) is 0 Å². The average molecular weight is 412 g/mol. The number of likely N-dealkylation sites (tertiary alicyclic amines) is 1. The van der Waals surface area contributed by atoms with E-state index in [9.17, 15) is 13.2 Å². The first kappa shape index (κ1) is 19.9. The molecule has 0 N–H and O–H groups in total. The van der Waals surface area contributed by atoms with Crippen molar-refractivity contribution in [1.82, 2.24) is 25.0 Å². The SMILES string of the molecule is FC(F)(F)c1noc(CN2CCC(Oc3cnc(N4CCCCC4)cn3)CC2)n1. The maximum atomic E-state index is 12.5. The van der Waals surface area contributed by atoms with Crippen molar-refractivity contribution in [2.45, 2.75) is 50.9 Å². The Morgan fingerprint density at radius 2 is 1.79 bits per heavy atom. The van der Waals surface area contributed by atoms with Crippen LogP contribution in [0.25, 0.3) is 0 Å². The van der Waals surface area contributed by atoms with Crippen molar-refractivity contribution in [3.8, 4) is 5.88 Å². The lowest BCUT2D eigenvalue weighted by Crippen LogP contribution is -2.38. The van der Waals surface area contributed by atoms with E-state index in [1.165, 1.54) is 19.3 Å². The first-order valence-corrected chi connectivity index (χ1v) is 9.83. The number of hydrogen-bond acceptors (Lipinski definition) is 8. The lowest BCUT2D eigenvalue weighted by molar-refractivity contribution is -0.146. The molecule has 2 saturated heterocycles. The minimum Gasteiger partial charge on any atom is -0.473 e. The fraction of sp³-hybridized carbons (Fsp3) is 0.667. The molecule has 0 bridgehead atoms. The van der Waals surface area contributed by atoms with Crippen LogP contribution in [-0.4, -0.2) is 57.3 Å². The van der Waals surface area contributed by atoms with E-state index in [0.29, 0.717) is 19.0 Å². The minimum atomic E-state index is -4.59. The van der Waals surface area contributed by atoms with Crippen molar-refractivity contribution in [3.63, 3.8) is 0 Å². The van der Waals surface area contributed by atoms with Crippen LogP contribution in [0, 0.1) is 0 Å². The lowest BCUT2D eigenvalue weighted by Gasteiger charge is -2.31. The molecule has 2 aliphatic heterocycles. The zero-order valence-electron chi connectivity index (χ0n) is 15.9. The van der Waals surface area contributed by atoms with E-state index in [-0.39, 0.29) is 18.5 Å². The fourth-order valence-corrected chi connectivity index (χ4v) is 3.64. The maximum absolute atomic E-state index is 12.5. The van der Waals surface area contributed by atoms with Gasteiger partial charge in [-0.05, 0) is 32.1 Å². The number of anilines is 1. The molecule has 11 heteroatoms. The summed E-state index contributed by atoms with van der Waals surface area (Å²) < 4.78 is 48.2. The van der Waals surface area contributed by atoms with Crippen LogP contribution in [0.3, 0.4) is 0 Å². The molecule has 0 unspecified atom stereocenters. The highest BCUT2D eigenvalue weighted by Gasteiger charge is 2.37. The molecule has 0 aromatic carbocycles. The quantitative estimate of drug-likeness (QED) is 0.742. The van der Waals surface area contributed by atoms with Gasteiger partial charge in [-0.25, -0.2) is 9.97 Å². The number of piperidine rings is 2. The second-order valence-corrected chi connectivity index (χ2v) is 7.36. The van der Waals surface area contributed by atoms with Crippen molar-refractivity contribution in [2.75, 3.05) is 31.1 Å². The summed E-state index contributed by atoms with van der Waals surface area (Å²) in [6, 6.07) is 0. The number of halogens is 3. The number of ether oxygens (including phenoxy) is 1. The molecule has 2 aliphatic rings. The molecular weight excluding hydrogens is 389 g/mol. The van der Waals surface area contributed by atoms with Crippen molar-refractivity contribution in [2.24, 2.45) is 0 Å².